The summed E-state index contributed by atoms with van der Waals surface area (Å²) in [5.74, 6) is 0.00985. The number of carbonyl (C=O) groups is 1. The number of benzene rings is 1. The van der Waals surface area contributed by atoms with Crippen molar-refractivity contribution in [1.82, 2.24) is 14.7 Å². The molecule has 32 heavy (non-hydrogen) atoms. The van der Waals surface area contributed by atoms with Gasteiger partial charge in [-0.3, -0.25) is 9.20 Å². The van der Waals surface area contributed by atoms with E-state index in [4.69, 9.17) is 19.9 Å². The van der Waals surface area contributed by atoms with Gasteiger partial charge in [0.2, 0.25) is 0 Å². The number of nitrogens with zero attached hydrogens (tertiary/aromatic N) is 2. The molecule has 8 nitrogen and oxygen atoms in total. The lowest BCUT2D eigenvalue weighted by Crippen LogP contribution is -2.26. The molecule has 1 saturated carbocycles. The number of methoxy groups -OCH3 is 1. The van der Waals surface area contributed by atoms with Crippen LogP contribution in [0, 0.1) is 0 Å². The Kier molecular flexibility index (Phi) is 6.40. The van der Waals surface area contributed by atoms with Gasteiger partial charge >= 0.3 is 6.61 Å². The molecule has 10 heteroatoms. The summed E-state index contributed by atoms with van der Waals surface area (Å²) in [6.07, 6.45) is 5.82. The van der Waals surface area contributed by atoms with E-state index in [1.165, 1.54) is 13.2 Å². The summed E-state index contributed by atoms with van der Waals surface area (Å²) in [5.41, 5.74) is 7.14. The monoisotopic (exact) mass is 446 g/mol. The van der Waals surface area contributed by atoms with Crippen LogP contribution in [0.1, 0.15) is 29.6 Å². The Labute approximate surface area is 183 Å². The minimum absolute atomic E-state index is 0.0475. The van der Waals surface area contributed by atoms with Gasteiger partial charge in [0.25, 0.3) is 5.91 Å². The van der Waals surface area contributed by atoms with Crippen molar-refractivity contribution >= 4 is 11.6 Å². The van der Waals surface area contributed by atoms with Gasteiger partial charge in [-0.1, -0.05) is 0 Å². The van der Waals surface area contributed by atoms with E-state index in [9.17, 15) is 13.6 Å². The van der Waals surface area contributed by atoms with Crippen molar-refractivity contribution in [3.8, 4) is 28.5 Å². The zero-order valence-corrected chi connectivity index (χ0v) is 17.5. The minimum atomic E-state index is -3.10. The lowest BCUT2D eigenvalue weighted by Gasteiger charge is -2.16. The molecular weight excluding hydrogens is 422 g/mol. The quantitative estimate of drug-likeness (QED) is 0.464. The molecule has 1 aliphatic rings. The van der Waals surface area contributed by atoms with Crippen molar-refractivity contribution in [3.63, 3.8) is 0 Å². The number of nitrogens with two attached hydrogens (primary N) is 1. The van der Waals surface area contributed by atoms with E-state index in [0.29, 0.717) is 35.8 Å². The summed E-state index contributed by atoms with van der Waals surface area (Å²) in [5, 5.41) is 2.79. The number of nitrogens with one attached hydrogen (secondary N) is 1. The van der Waals surface area contributed by atoms with Gasteiger partial charge in [0.1, 0.15) is 28.5 Å². The standard InChI is InChI=1S/C22H24F2N4O4/c1-30-17-9-13(10-18(32-22(23)24)20(17)21(29)27-14-3-4-14)16-12-26-19-11-15(5-7-28(16)19)31-8-2-6-25/h5,7,9-12,14,22H,2-4,6,8,25H2,1H3,(H,27,29). The summed E-state index contributed by atoms with van der Waals surface area (Å²) in [6, 6.07) is 6.60. The second-order valence-electron chi connectivity index (χ2n) is 7.40. The molecule has 0 saturated heterocycles. The number of halogens is 2. The minimum Gasteiger partial charge on any atom is -0.496 e. The Hall–Kier alpha value is -3.40. The molecule has 1 aromatic carbocycles. The Morgan fingerprint density at radius 1 is 1.31 bits per heavy atom. The third-order valence-corrected chi connectivity index (χ3v) is 5.04. The molecule has 0 atom stereocenters. The van der Waals surface area contributed by atoms with E-state index < -0.39 is 12.5 Å². The number of aromatic nitrogens is 2. The number of rotatable bonds is 10. The molecule has 170 valence electrons. The third kappa shape index (κ3) is 4.75. The SMILES string of the molecule is COc1cc(-c2cnc3cc(OCCCN)ccn23)cc(OC(F)F)c1C(=O)NC1CC1. The molecule has 0 bridgehead atoms. The fourth-order valence-electron chi connectivity index (χ4n) is 3.34. The molecule has 3 aromatic rings. The maximum atomic E-state index is 13.1. The van der Waals surface area contributed by atoms with Crippen LogP contribution in [0.5, 0.6) is 17.2 Å². The number of hydrogen-bond acceptors (Lipinski definition) is 6. The van der Waals surface area contributed by atoms with Gasteiger partial charge < -0.3 is 25.3 Å². The zero-order chi connectivity index (χ0) is 22.7. The fourth-order valence-corrected chi connectivity index (χ4v) is 3.34. The van der Waals surface area contributed by atoms with Gasteiger partial charge in [0.15, 0.2) is 0 Å². The molecule has 2 aromatic heterocycles. The van der Waals surface area contributed by atoms with Gasteiger partial charge in [0, 0.05) is 23.9 Å². The first-order chi connectivity index (χ1) is 15.5. The first kappa shape index (κ1) is 21.8. The molecule has 0 radical (unpaired) electrons. The highest BCUT2D eigenvalue weighted by atomic mass is 19.3. The second-order valence-corrected chi connectivity index (χ2v) is 7.40. The Morgan fingerprint density at radius 3 is 2.78 bits per heavy atom. The second kappa shape index (κ2) is 9.39. The average Bonchev–Trinajstić information content (AvgIpc) is 3.48. The van der Waals surface area contributed by atoms with Crippen LogP contribution in [0.4, 0.5) is 8.78 Å². The molecule has 1 amide bonds. The van der Waals surface area contributed by atoms with Crippen molar-refractivity contribution in [2.24, 2.45) is 5.73 Å². The normalized spacial score (nSPS) is 13.4. The third-order valence-electron chi connectivity index (χ3n) is 5.04. The topological polar surface area (TPSA) is 100 Å². The van der Waals surface area contributed by atoms with Crippen LogP contribution in [0.3, 0.4) is 0 Å². The maximum absolute atomic E-state index is 13.1. The number of carbonyl (C=O) groups excluding carboxylic acids is 1. The van der Waals surface area contributed by atoms with E-state index in [-0.39, 0.29) is 23.1 Å². The molecule has 0 unspecified atom stereocenters. The van der Waals surface area contributed by atoms with Crippen molar-refractivity contribution < 1.29 is 27.8 Å². The largest absolute Gasteiger partial charge is 0.496 e. The van der Waals surface area contributed by atoms with Gasteiger partial charge in [-0.25, -0.2) is 4.98 Å². The molecular formula is C22H24F2N4O4. The van der Waals surface area contributed by atoms with Crippen molar-refractivity contribution in [2.45, 2.75) is 31.9 Å². The van der Waals surface area contributed by atoms with E-state index in [0.717, 1.165) is 19.3 Å². The van der Waals surface area contributed by atoms with E-state index in [1.54, 1.807) is 35.0 Å². The van der Waals surface area contributed by atoms with Crippen LogP contribution >= 0.6 is 0 Å². The fraction of sp³-hybridized carbons (Fsp3) is 0.364. The first-order valence-electron chi connectivity index (χ1n) is 10.3. The molecule has 0 spiro atoms. The summed E-state index contributed by atoms with van der Waals surface area (Å²) < 4.78 is 43.8. The van der Waals surface area contributed by atoms with Gasteiger partial charge in [-0.05, 0) is 44.0 Å². The Bertz CT molecular complexity index is 1110. The van der Waals surface area contributed by atoms with Crippen LogP contribution in [0.25, 0.3) is 16.9 Å². The van der Waals surface area contributed by atoms with E-state index in [2.05, 4.69) is 10.3 Å². The lowest BCUT2D eigenvalue weighted by atomic mass is 10.1. The molecule has 1 fully saturated rings. The van der Waals surface area contributed by atoms with Gasteiger partial charge in [0.05, 0.1) is 25.6 Å². The highest BCUT2D eigenvalue weighted by Gasteiger charge is 2.29. The van der Waals surface area contributed by atoms with E-state index in [1.807, 2.05) is 0 Å². The van der Waals surface area contributed by atoms with Crippen LogP contribution in [0.2, 0.25) is 0 Å². The van der Waals surface area contributed by atoms with Crippen molar-refractivity contribution in [2.75, 3.05) is 20.3 Å². The van der Waals surface area contributed by atoms with Crippen LogP contribution < -0.4 is 25.3 Å². The van der Waals surface area contributed by atoms with Crippen LogP contribution in [-0.2, 0) is 0 Å². The number of amides is 1. The van der Waals surface area contributed by atoms with E-state index >= 15 is 0 Å². The first-order valence-corrected chi connectivity index (χ1v) is 10.3. The molecule has 4 rings (SSSR count). The zero-order valence-electron chi connectivity index (χ0n) is 17.5. The predicted octanol–water partition coefficient (Wildman–Crippen LogP) is 3.23. The smallest absolute Gasteiger partial charge is 0.387 e. The summed E-state index contributed by atoms with van der Waals surface area (Å²) in [7, 11) is 1.37. The number of alkyl halides is 2. The average molecular weight is 446 g/mol. The van der Waals surface area contributed by atoms with Crippen molar-refractivity contribution in [3.05, 3.63) is 42.2 Å². The predicted molar refractivity (Wildman–Crippen MR) is 113 cm³/mol. The molecule has 0 aliphatic heterocycles. The van der Waals surface area contributed by atoms with Crippen LogP contribution in [-0.4, -0.2) is 48.2 Å². The highest BCUT2D eigenvalue weighted by Crippen LogP contribution is 2.37. The molecule has 1 aliphatic carbocycles. The van der Waals surface area contributed by atoms with Crippen LogP contribution in [0.15, 0.2) is 36.7 Å². The summed E-state index contributed by atoms with van der Waals surface area (Å²) in [6.45, 7) is -2.07. The lowest BCUT2D eigenvalue weighted by molar-refractivity contribution is -0.0502. The number of fused-ring (bicyclic) bond motifs is 1. The highest BCUT2D eigenvalue weighted by molar-refractivity contribution is 6.01. The Morgan fingerprint density at radius 2 is 2.09 bits per heavy atom. The summed E-state index contributed by atoms with van der Waals surface area (Å²) >= 11 is 0. The molecule has 3 N–H and O–H groups in total. The number of hydrogen-bond donors (Lipinski definition) is 2. The van der Waals surface area contributed by atoms with Crippen molar-refractivity contribution in [1.29, 1.82) is 0 Å². The number of imidazole rings is 1. The number of ether oxygens (including phenoxy) is 3. The molecule has 2 heterocycles. The maximum Gasteiger partial charge on any atom is 0.387 e. The Balaban J connectivity index is 1.72. The van der Waals surface area contributed by atoms with Gasteiger partial charge in [-0.15, -0.1) is 0 Å². The van der Waals surface area contributed by atoms with Gasteiger partial charge in [-0.2, -0.15) is 8.78 Å². The summed E-state index contributed by atoms with van der Waals surface area (Å²) in [4.78, 5) is 17.1. The number of pyridine rings is 1.